The molecule has 2 atom stereocenters. The molecule has 142 valence electrons. The van der Waals surface area contributed by atoms with Gasteiger partial charge in [-0.3, -0.25) is 9.69 Å². The van der Waals surface area contributed by atoms with Crippen molar-refractivity contribution in [1.82, 2.24) is 20.2 Å². The third kappa shape index (κ3) is 5.33. The molecule has 0 aromatic carbocycles. The van der Waals surface area contributed by atoms with E-state index < -0.39 is 6.61 Å². The average molecular weight is 391 g/mol. The summed E-state index contributed by atoms with van der Waals surface area (Å²) >= 11 is 6.28. The number of aromatic amines is 1. The van der Waals surface area contributed by atoms with E-state index in [0.29, 0.717) is 17.0 Å². The van der Waals surface area contributed by atoms with E-state index in [1.165, 1.54) is 12.8 Å². The first-order valence-corrected chi connectivity index (χ1v) is 9.34. The van der Waals surface area contributed by atoms with E-state index in [2.05, 4.69) is 27.1 Å². The van der Waals surface area contributed by atoms with Gasteiger partial charge >= 0.3 is 0 Å². The van der Waals surface area contributed by atoms with Gasteiger partial charge in [0.05, 0.1) is 5.69 Å². The van der Waals surface area contributed by atoms with Crippen LogP contribution in [0.2, 0.25) is 5.15 Å². The highest BCUT2D eigenvalue weighted by atomic mass is 35.5. The Bertz CT molecular complexity index is 577. The zero-order valence-electron chi connectivity index (χ0n) is 14.6. The Balaban J connectivity index is 0.00000225. The first-order chi connectivity index (χ1) is 11.6. The summed E-state index contributed by atoms with van der Waals surface area (Å²) in [7, 11) is 0. The second-order valence-electron chi connectivity index (χ2n) is 7.08. The normalized spacial score (nSPS) is 23.5. The number of aliphatic hydroxyl groups is 1. The van der Waals surface area contributed by atoms with Crippen molar-refractivity contribution in [3.63, 3.8) is 0 Å². The molecule has 8 heteroatoms. The lowest BCUT2D eigenvalue weighted by Crippen LogP contribution is -2.42. The van der Waals surface area contributed by atoms with Crippen LogP contribution in [-0.2, 0) is 17.8 Å². The fraction of sp³-hybridized carbons (Fsp3) is 0.765. The lowest BCUT2D eigenvalue weighted by atomic mass is 9.98. The molecule has 1 amide bonds. The van der Waals surface area contributed by atoms with Crippen LogP contribution in [0.5, 0.6) is 0 Å². The lowest BCUT2D eigenvalue weighted by molar-refractivity contribution is -0.124. The van der Waals surface area contributed by atoms with Gasteiger partial charge in [0.25, 0.3) is 0 Å². The Morgan fingerprint density at radius 2 is 2.20 bits per heavy atom. The third-order valence-corrected chi connectivity index (χ3v) is 5.40. The van der Waals surface area contributed by atoms with E-state index >= 15 is 0 Å². The van der Waals surface area contributed by atoms with Crippen molar-refractivity contribution in [2.24, 2.45) is 11.8 Å². The number of carbonyl (C=O) groups is 1. The van der Waals surface area contributed by atoms with Crippen LogP contribution in [0.3, 0.4) is 0 Å². The monoisotopic (exact) mass is 390 g/mol. The lowest BCUT2D eigenvalue weighted by Gasteiger charge is -2.18. The number of nitrogens with zero attached hydrogens (tertiary/aromatic N) is 2. The molecule has 2 aliphatic rings. The molecule has 1 aliphatic carbocycles. The van der Waals surface area contributed by atoms with Crippen molar-refractivity contribution in [2.45, 2.75) is 51.6 Å². The number of imidazole rings is 1. The van der Waals surface area contributed by atoms with Gasteiger partial charge in [0.1, 0.15) is 12.4 Å². The number of hydrogen-bond donors (Lipinski definition) is 3. The van der Waals surface area contributed by atoms with Crippen LogP contribution in [0.25, 0.3) is 0 Å². The summed E-state index contributed by atoms with van der Waals surface area (Å²) in [4.78, 5) is 21.7. The molecular weight excluding hydrogens is 363 g/mol. The molecule has 1 aliphatic heterocycles. The maximum absolute atomic E-state index is 11.6. The van der Waals surface area contributed by atoms with Crippen molar-refractivity contribution in [1.29, 1.82) is 0 Å². The van der Waals surface area contributed by atoms with Crippen LogP contribution in [0.15, 0.2) is 0 Å². The smallest absolute Gasteiger partial charge is 0.245 e. The summed E-state index contributed by atoms with van der Waals surface area (Å²) in [5, 5.41) is 12.5. The van der Waals surface area contributed by atoms with E-state index in [1.807, 2.05) is 0 Å². The Morgan fingerprint density at radius 1 is 1.44 bits per heavy atom. The van der Waals surface area contributed by atoms with Gasteiger partial charge in [-0.25, -0.2) is 4.98 Å². The molecule has 0 radical (unpaired) electrons. The zero-order valence-corrected chi connectivity index (χ0v) is 16.2. The van der Waals surface area contributed by atoms with Crippen LogP contribution < -0.4 is 5.32 Å². The number of likely N-dealkylation sites (tertiary alicyclic amines) is 1. The molecule has 3 rings (SSSR count). The number of unbranched alkanes of at least 4 members (excludes halogenated alkanes) is 1. The summed E-state index contributed by atoms with van der Waals surface area (Å²) in [5.74, 6) is 1.85. The third-order valence-electron chi connectivity index (χ3n) is 5.08. The second-order valence-corrected chi connectivity index (χ2v) is 7.44. The molecular formula is C17H28Cl2N4O2. The van der Waals surface area contributed by atoms with Crippen LogP contribution in [0, 0.1) is 11.8 Å². The Labute approximate surface area is 160 Å². The van der Waals surface area contributed by atoms with Crippen molar-refractivity contribution in [2.75, 3.05) is 19.7 Å². The molecule has 1 aromatic rings. The standard InChI is InChI=1S/C17H27ClN4O2.ClH/c1-2-3-4-15-19-14(17(18)21-15)9-22-7-12(11-5-6-11)13(8-22)20-16(24)10-23;/h11-13,23H,2-10H2,1H3,(H,19,21)(H,20,24);1H/t12-,13+;/m1./s1. The van der Waals surface area contributed by atoms with E-state index in [1.54, 1.807) is 0 Å². The van der Waals surface area contributed by atoms with Crippen molar-refractivity contribution in [3.8, 4) is 0 Å². The number of hydrogen-bond acceptors (Lipinski definition) is 4. The highest BCUT2D eigenvalue weighted by Gasteiger charge is 2.43. The summed E-state index contributed by atoms with van der Waals surface area (Å²) in [6, 6.07) is 0.124. The van der Waals surface area contributed by atoms with Crippen molar-refractivity contribution in [3.05, 3.63) is 16.7 Å². The maximum Gasteiger partial charge on any atom is 0.245 e. The van der Waals surface area contributed by atoms with Gasteiger partial charge in [-0.1, -0.05) is 24.9 Å². The SMILES string of the molecule is CCCCc1nc(Cl)c(CN2C[C@H](NC(=O)CO)[C@@H](C3CC3)C2)[nH]1.Cl. The van der Waals surface area contributed by atoms with Crippen LogP contribution in [-0.4, -0.2) is 51.6 Å². The largest absolute Gasteiger partial charge is 0.387 e. The Hall–Kier alpha value is -0.820. The fourth-order valence-corrected chi connectivity index (χ4v) is 3.89. The summed E-state index contributed by atoms with van der Waals surface area (Å²) in [6.07, 6.45) is 5.66. The molecule has 1 aromatic heterocycles. The predicted molar refractivity (Wildman–Crippen MR) is 100.0 cm³/mol. The number of aryl methyl sites for hydroxylation is 1. The number of nitrogens with one attached hydrogen (secondary N) is 2. The van der Waals surface area contributed by atoms with Gasteiger partial charge in [-0.15, -0.1) is 12.4 Å². The minimum Gasteiger partial charge on any atom is -0.387 e. The molecule has 2 heterocycles. The zero-order chi connectivity index (χ0) is 17.1. The fourth-order valence-electron chi connectivity index (χ4n) is 3.68. The second kappa shape index (κ2) is 9.21. The first kappa shape index (κ1) is 20.5. The number of amides is 1. The molecule has 1 saturated carbocycles. The molecule has 1 saturated heterocycles. The molecule has 3 N–H and O–H groups in total. The van der Waals surface area contributed by atoms with Crippen LogP contribution >= 0.6 is 24.0 Å². The molecule has 6 nitrogen and oxygen atoms in total. The minimum atomic E-state index is -0.443. The van der Waals surface area contributed by atoms with Gasteiger partial charge in [0.15, 0.2) is 5.15 Å². The maximum atomic E-state index is 11.6. The van der Waals surface area contributed by atoms with E-state index in [9.17, 15) is 4.79 Å². The van der Waals surface area contributed by atoms with Crippen molar-refractivity contribution < 1.29 is 9.90 Å². The van der Waals surface area contributed by atoms with Gasteiger partial charge in [0, 0.05) is 32.1 Å². The minimum absolute atomic E-state index is 0. The van der Waals surface area contributed by atoms with Crippen LogP contribution in [0.4, 0.5) is 0 Å². The number of aromatic nitrogens is 2. The summed E-state index contributed by atoms with van der Waals surface area (Å²) < 4.78 is 0. The number of aliphatic hydroxyl groups excluding tert-OH is 1. The molecule has 25 heavy (non-hydrogen) atoms. The Kier molecular flexibility index (Phi) is 7.55. The molecule has 0 bridgehead atoms. The van der Waals surface area contributed by atoms with E-state index in [4.69, 9.17) is 16.7 Å². The number of H-pyrrole nitrogens is 1. The highest BCUT2D eigenvalue weighted by molar-refractivity contribution is 6.30. The Morgan fingerprint density at radius 3 is 2.84 bits per heavy atom. The number of halogens is 2. The predicted octanol–water partition coefficient (Wildman–Crippen LogP) is 2.15. The average Bonchev–Trinajstić information content (AvgIpc) is 3.25. The van der Waals surface area contributed by atoms with Gasteiger partial charge < -0.3 is 15.4 Å². The topological polar surface area (TPSA) is 81.2 Å². The quantitative estimate of drug-likeness (QED) is 0.634. The van der Waals surface area contributed by atoms with Gasteiger partial charge in [-0.2, -0.15) is 0 Å². The molecule has 2 fully saturated rings. The summed E-state index contributed by atoms with van der Waals surface area (Å²) in [5.41, 5.74) is 0.964. The highest BCUT2D eigenvalue weighted by Crippen LogP contribution is 2.41. The first-order valence-electron chi connectivity index (χ1n) is 8.96. The van der Waals surface area contributed by atoms with E-state index in [-0.39, 0.29) is 24.4 Å². The molecule has 0 spiro atoms. The van der Waals surface area contributed by atoms with Crippen molar-refractivity contribution >= 4 is 29.9 Å². The van der Waals surface area contributed by atoms with Gasteiger partial charge in [-0.05, 0) is 31.1 Å². The summed E-state index contributed by atoms with van der Waals surface area (Å²) in [6.45, 7) is 4.20. The molecule has 0 unspecified atom stereocenters. The number of rotatable bonds is 8. The van der Waals surface area contributed by atoms with Crippen LogP contribution in [0.1, 0.15) is 44.1 Å². The van der Waals surface area contributed by atoms with Gasteiger partial charge in [0.2, 0.25) is 5.91 Å². The number of carbonyl (C=O) groups excluding carboxylic acids is 1. The van der Waals surface area contributed by atoms with E-state index in [0.717, 1.165) is 50.4 Å².